The Labute approximate surface area is 156 Å². The van der Waals surface area contributed by atoms with Gasteiger partial charge in [-0.1, -0.05) is 30.6 Å². The van der Waals surface area contributed by atoms with Gasteiger partial charge in [0.25, 0.3) is 5.56 Å². The number of amides is 1. The Morgan fingerprint density at radius 1 is 1.15 bits per heavy atom. The van der Waals surface area contributed by atoms with Gasteiger partial charge in [0.05, 0.1) is 0 Å². The summed E-state index contributed by atoms with van der Waals surface area (Å²) >= 11 is 1.39. The third kappa shape index (κ3) is 3.75. The molecular weight excluding hydrogens is 350 g/mol. The molecule has 2 aliphatic rings. The first-order valence-electron chi connectivity index (χ1n) is 9.61. The Morgan fingerprint density at radius 3 is 2.65 bits per heavy atom. The summed E-state index contributed by atoms with van der Waals surface area (Å²) < 4.78 is 1.94. The van der Waals surface area contributed by atoms with E-state index in [1.807, 2.05) is 0 Å². The lowest BCUT2D eigenvalue weighted by Gasteiger charge is -2.25. The molecule has 2 aromatic heterocycles. The van der Waals surface area contributed by atoms with E-state index < -0.39 is 0 Å². The fourth-order valence-corrected chi connectivity index (χ4v) is 4.86. The van der Waals surface area contributed by atoms with Crippen LogP contribution in [0, 0.1) is 0 Å². The summed E-state index contributed by atoms with van der Waals surface area (Å²) in [6.45, 7) is 1.99. The van der Waals surface area contributed by atoms with Crippen LogP contribution in [0.1, 0.15) is 51.4 Å². The van der Waals surface area contributed by atoms with E-state index in [-0.39, 0.29) is 24.1 Å². The molecule has 0 radical (unpaired) electrons. The third-order valence-electron chi connectivity index (χ3n) is 5.28. The zero-order valence-corrected chi connectivity index (χ0v) is 15.8. The predicted octanol–water partition coefficient (Wildman–Crippen LogP) is 2.29. The topological polar surface area (TPSA) is 80.1 Å². The zero-order chi connectivity index (χ0) is 17.9. The first kappa shape index (κ1) is 17.5. The lowest BCUT2D eigenvalue weighted by Crippen LogP contribution is -2.39. The van der Waals surface area contributed by atoms with Gasteiger partial charge in [-0.05, 0) is 32.1 Å². The van der Waals surface area contributed by atoms with Crippen LogP contribution in [0.5, 0.6) is 0 Å². The fourth-order valence-electron chi connectivity index (χ4n) is 3.84. The lowest BCUT2D eigenvalue weighted by molar-refractivity contribution is -0.122. The molecule has 0 aromatic carbocycles. The molecule has 3 heterocycles. The number of rotatable bonds is 4. The van der Waals surface area contributed by atoms with Crippen molar-refractivity contribution < 1.29 is 4.79 Å². The Bertz CT molecular complexity index is 834. The van der Waals surface area contributed by atoms with Gasteiger partial charge in [-0.3, -0.25) is 14.2 Å². The number of anilines is 1. The molecule has 26 heavy (non-hydrogen) atoms. The maximum atomic E-state index is 12.7. The highest BCUT2D eigenvalue weighted by molar-refractivity contribution is 7.22. The minimum absolute atomic E-state index is 0.0230. The van der Waals surface area contributed by atoms with E-state index in [1.54, 1.807) is 0 Å². The minimum atomic E-state index is -0.172. The SMILES string of the molecule is O=C(Cn1cnc2nc(N3CCCCC3)sc2c1=O)NC1CCCCC1. The molecule has 0 bridgehead atoms. The molecule has 2 aromatic rings. The van der Waals surface area contributed by atoms with Gasteiger partial charge >= 0.3 is 0 Å². The van der Waals surface area contributed by atoms with Crippen molar-refractivity contribution in [1.29, 1.82) is 0 Å². The van der Waals surface area contributed by atoms with Crippen molar-refractivity contribution in [2.45, 2.75) is 64.0 Å². The number of hydrogen-bond donors (Lipinski definition) is 1. The lowest BCUT2D eigenvalue weighted by atomic mass is 9.95. The molecule has 1 N–H and O–H groups in total. The van der Waals surface area contributed by atoms with Gasteiger partial charge in [0, 0.05) is 19.1 Å². The Morgan fingerprint density at radius 2 is 1.88 bits per heavy atom. The van der Waals surface area contributed by atoms with E-state index in [4.69, 9.17) is 0 Å². The molecule has 0 spiro atoms. The summed E-state index contributed by atoms with van der Waals surface area (Å²) in [7, 11) is 0. The number of fused-ring (bicyclic) bond motifs is 1. The van der Waals surface area contributed by atoms with Gasteiger partial charge < -0.3 is 10.2 Å². The maximum absolute atomic E-state index is 12.7. The van der Waals surface area contributed by atoms with Gasteiger partial charge in [0.2, 0.25) is 5.91 Å². The van der Waals surface area contributed by atoms with Crippen LogP contribution in [-0.2, 0) is 11.3 Å². The second-order valence-electron chi connectivity index (χ2n) is 7.28. The van der Waals surface area contributed by atoms with E-state index in [0.717, 1.165) is 43.9 Å². The summed E-state index contributed by atoms with van der Waals surface area (Å²) in [4.78, 5) is 36.1. The maximum Gasteiger partial charge on any atom is 0.273 e. The molecule has 1 saturated heterocycles. The average molecular weight is 375 g/mol. The van der Waals surface area contributed by atoms with Crippen molar-refractivity contribution >= 4 is 32.7 Å². The number of piperidine rings is 1. The van der Waals surface area contributed by atoms with E-state index >= 15 is 0 Å². The number of carbonyl (C=O) groups excluding carboxylic acids is 1. The summed E-state index contributed by atoms with van der Waals surface area (Å²) in [5, 5.41) is 3.92. The molecule has 0 atom stereocenters. The number of carbonyl (C=O) groups is 1. The van der Waals surface area contributed by atoms with Crippen molar-refractivity contribution in [3.05, 3.63) is 16.7 Å². The van der Waals surface area contributed by atoms with Crippen LogP contribution in [-0.4, -0.2) is 39.6 Å². The molecule has 2 fully saturated rings. The van der Waals surface area contributed by atoms with Gasteiger partial charge in [0.15, 0.2) is 10.8 Å². The highest BCUT2D eigenvalue weighted by atomic mass is 32.1. The molecule has 8 heteroatoms. The van der Waals surface area contributed by atoms with Gasteiger partial charge in [0.1, 0.15) is 17.6 Å². The molecule has 7 nitrogen and oxygen atoms in total. The number of nitrogens with one attached hydrogen (secondary N) is 1. The van der Waals surface area contributed by atoms with Crippen LogP contribution < -0.4 is 15.8 Å². The molecule has 1 aliphatic heterocycles. The van der Waals surface area contributed by atoms with E-state index in [9.17, 15) is 9.59 Å². The Kier molecular flexibility index (Phi) is 5.19. The molecule has 140 valence electrons. The van der Waals surface area contributed by atoms with Gasteiger partial charge in [-0.25, -0.2) is 4.98 Å². The number of nitrogens with zero attached hydrogens (tertiary/aromatic N) is 4. The largest absolute Gasteiger partial charge is 0.352 e. The van der Waals surface area contributed by atoms with Crippen molar-refractivity contribution in [2.75, 3.05) is 18.0 Å². The number of thiazole rings is 1. The van der Waals surface area contributed by atoms with Crippen molar-refractivity contribution in [1.82, 2.24) is 19.9 Å². The van der Waals surface area contributed by atoms with Crippen LogP contribution in [0.15, 0.2) is 11.1 Å². The van der Waals surface area contributed by atoms with Crippen LogP contribution in [0.2, 0.25) is 0 Å². The van der Waals surface area contributed by atoms with Crippen molar-refractivity contribution in [3.8, 4) is 0 Å². The van der Waals surface area contributed by atoms with Crippen LogP contribution in [0.3, 0.4) is 0 Å². The normalized spacial score (nSPS) is 19.0. The minimum Gasteiger partial charge on any atom is -0.352 e. The highest BCUT2D eigenvalue weighted by Crippen LogP contribution is 2.27. The average Bonchev–Trinajstić information content (AvgIpc) is 3.11. The van der Waals surface area contributed by atoms with Crippen molar-refractivity contribution in [3.63, 3.8) is 0 Å². The Balaban J connectivity index is 1.49. The second kappa shape index (κ2) is 7.73. The number of hydrogen-bond acceptors (Lipinski definition) is 6. The quantitative estimate of drug-likeness (QED) is 0.887. The molecule has 1 aliphatic carbocycles. The fraction of sp³-hybridized carbons (Fsp3) is 0.667. The smallest absolute Gasteiger partial charge is 0.273 e. The van der Waals surface area contributed by atoms with Crippen LogP contribution >= 0.6 is 11.3 Å². The van der Waals surface area contributed by atoms with E-state index in [0.29, 0.717) is 10.3 Å². The van der Waals surface area contributed by atoms with Gasteiger partial charge in [-0.15, -0.1) is 0 Å². The Hall–Kier alpha value is -1.96. The predicted molar refractivity (Wildman–Crippen MR) is 103 cm³/mol. The summed E-state index contributed by atoms with van der Waals surface area (Å²) in [6.07, 6.45) is 10.7. The molecular formula is C18H25N5O2S. The van der Waals surface area contributed by atoms with E-state index in [1.165, 1.54) is 47.9 Å². The van der Waals surface area contributed by atoms with Crippen LogP contribution in [0.4, 0.5) is 5.13 Å². The highest BCUT2D eigenvalue weighted by Gasteiger charge is 2.19. The molecule has 4 rings (SSSR count). The second-order valence-corrected chi connectivity index (χ2v) is 8.25. The first-order chi connectivity index (χ1) is 12.7. The standard InChI is InChI=1S/C18H25N5O2S/c24-14(20-13-7-3-1-4-8-13)11-23-12-19-16-15(17(23)25)26-18(21-16)22-9-5-2-6-10-22/h12-13H,1-11H2,(H,20,24). The summed E-state index contributed by atoms with van der Waals surface area (Å²) in [5.74, 6) is -0.110. The molecule has 1 amide bonds. The van der Waals surface area contributed by atoms with Gasteiger partial charge in [-0.2, -0.15) is 4.98 Å². The molecule has 0 unspecified atom stereocenters. The summed E-state index contributed by atoms with van der Waals surface area (Å²) in [5.41, 5.74) is 0.319. The monoisotopic (exact) mass is 375 g/mol. The summed E-state index contributed by atoms with van der Waals surface area (Å²) in [6, 6.07) is 0.248. The first-order valence-corrected chi connectivity index (χ1v) is 10.4. The van der Waals surface area contributed by atoms with Crippen molar-refractivity contribution in [2.24, 2.45) is 0 Å². The van der Waals surface area contributed by atoms with Crippen LogP contribution in [0.25, 0.3) is 10.3 Å². The molecule has 1 saturated carbocycles. The third-order valence-corrected chi connectivity index (χ3v) is 6.38. The van der Waals surface area contributed by atoms with E-state index in [2.05, 4.69) is 20.2 Å². The zero-order valence-electron chi connectivity index (χ0n) is 14.9. The number of aromatic nitrogens is 3.